The van der Waals surface area contributed by atoms with Gasteiger partial charge in [0.15, 0.2) is 0 Å². The third-order valence-corrected chi connectivity index (χ3v) is 5.66. The smallest absolute Gasteiger partial charge is 0.261 e. The van der Waals surface area contributed by atoms with Gasteiger partial charge in [0.25, 0.3) is 5.91 Å². The van der Waals surface area contributed by atoms with Crippen molar-refractivity contribution in [3.05, 3.63) is 62.6 Å². The van der Waals surface area contributed by atoms with E-state index in [1.54, 1.807) is 16.8 Å². The number of fused-ring (bicyclic) bond motifs is 1. The highest BCUT2D eigenvalue weighted by Crippen LogP contribution is 2.22. The molecule has 1 aliphatic heterocycles. The second kappa shape index (κ2) is 7.19. The number of carbonyl (C=O) groups excluding carboxylic acids is 1. The molecule has 134 valence electrons. The molecule has 0 radical (unpaired) electrons. The van der Waals surface area contributed by atoms with Crippen molar-refractivity contribution in [2.75, 3.05) is 13.6 Å². The fourth-order valence-corrected chi connectivity index (χ4v) is 3.99. The van der Waals surface area contributed by atoms with Gasteiger partial charge in [0.2, 0.25) is 0 Å². The molecule has 0 spiro atoms. The maximum atomic E-state index is 12.1. The summed E-state index contributed by atoms with van der Waals surface area (Å²) in [5.74, 6) is -0.159. The van der Waals surface area contributed by atoms with Gasteiger partial charge in [-0.05, 0) is 48.9 Å². The first-order valence-electron chi connectivity index (χ1n) is 8.34. The van der Waals surface area contributed by atoms with E-state index in [4.69, 9.17) is 11.6 Å². The van der Waals surface area contributed by atoms with E-state index in [9.17, 15) is 4.79 Å². The third-order valence-electron chi connectivity index (χ3n) is 4.43. The van der Waals surface area contributed by atoms with Crippen LogP contribution in [0.4, 0.5) is 0 Å². The van der Waals surface area contributed by atoms with E-state index < -0.39 is 0 Å². The van der Waals surface area contributed by atoms with Gasteiger partial charge >= 0.3 is 0 Å². The van der Waals surface area contributed by atoms with Crippen molar-refractivity contribution >= 4 is 28.8 Å². The van der Waals surface area contributed by atoms with Gasteiger partial charge in [-0.1, -0.05) is 22.9 Å². The molecule has 6 nitrogen and oxygen atoms in total. The lowest BCUT2D eigenvalue weighted by atomic mass is 9.99. The Morgan fingerprint density at radius 1 is 1.31 bits per heavy atom. The zero-order chi connectivity index (χ0) is 18.1. The van der Waals surface area contributed by atoms with Gasteiger partial charge in [-0.2, -0.15) is 0 Å². The number of carbonyl (C=O) groups is 1. The summed E-state index contributed by atoms with van der Waals surface area (Å²) in [6.45, 7) is 2.36. The second-order valence-corrected chi connectivity index (χ2v) is 8.10. The molecule has 3 aromatic rings. The molecule has 2 aromatic heterocycles. The normalized spacial score (nSPS) is 14.2. The molecule has 1 N–H and O–H groups in total. The van der Waals surface area contributed by atoms with Crippen molar-refractivity contribution in [2.24, 2.45) is 0 Å². The van der Waals surface area contributed by atoms with E-state index in [1.807, 2.05) is 6.20 Å². The third kappa shape index (κ3) is 3.65. The molecule has 4 rings (SSSR count). The van der Waals surface area contributed by atoms with Crippen LogP contribution in [-0.4, -0.2) is 39.4 Å². The van der Waals surface area contributed by atoms with Crippen LogP contribution in [0.25, 0.3) is 5.69 Å². The van der Waals surface area contributed by atoms with Crippen LogP contribution in [0.3, 0.4) is 0 Å². The topological polar surface area (TPSA) is 63.0 Å². The van der Waals surface area contributed by atoms with Crippen LogP contribution in [0, 0.1) is 0 Å². The zero-order valence-corrected chi connectivity index (χ0v) is 15.8. The molecule has 0 bridgehead atoms. The van der Waals surface area contributed by atoms with Gasteiger partial charge in [-0.25, -0.2) is 4.68 Å². The average Bonchev–Trinajstić information content (AvgIpc) is 3.28. The molecule has 1 aromatic carbocycles. The van der Waals surface area contributed by atoms with Crippen molar-refractivity contribution in [3.63, 3.8) is 0 Å². The highest BCUT2D eigenvalue weighted by atomic mass is 35.5. The predicted molar refractivity (Wildman–Crippen MR) is 102 cm³/mol. The number of nitrogens with one attached hydrogen (secondary N) is 1. The molecule has 26 heavy (non-hydrogen) atoms. The van der Waals surface area contributed by atoms with Crippen molar-refractivity contribution in [1.29, 1.82) is 0 Å². The number of thiophene rings is 1. The number of likely N-dealkylation sites (N-methyl/N-ethyl adjacent to an activating group) is 1. The first kappa shape index (κ1) is 17.2. The molecule has 0 saturated heterocycles. The quantitative estimate of drug-likeness (QED) is 0.747. The highest BCUT2D eigenvalue weighted by Gasteiger charge is 2.14. The van der Waals surface area contributed by atoms with E-state index in [1.165, 1.54) is 22.5 Å². The summed E-state index contributed by atoms with van der Waals surface area (Å²) in [4.78, 5) is 15.0. The second-order valence-electron chi connectivity index (χ2n) is 6.38. The van der Waals surface area contributed by atoms with E-state index in [2.05, 4.69) is 45.8 Å². The van der Waals surface area contributed by atoms with Crippen molar-refractivity contribution < 1.29 is 4.79 Å². The minimum Gasteiger partial charge on any atom is -0.346 e. The van der Waals surface area contributed by atoms with Crippen LogP contribution in [0.1, 0.15) is 26.5 Å². The van der Waals surface area contributed by atoms with Gasteiger partial charge in [-0.3, -0.25) is 4.79 Å². The van der Waals surface area contributed by atoms with Crippen LogP contribution >= 0.6 is 22.9 Å². The lowest BCUT2D eigenvalue weighted by Crippen LogP contribution is -2.26. The molecular formula is C18H18ClN5OS. The molecule has 8 heteroatoms. The Bertz CT molecular complexity index is 951. The molecule has 0 unspecified atom stereocenters. The SMILES string of the molecule is CN1CCc2ccc(-n3cc(CNC(=O)c4ccc(Cl)s4)nn3)cc2C1. The van der Waals surface area contributed by atoms with Gasteiger partial charge < -0.3 is 10.2 Å². The minimum atomic E-state index is -0.159. The summed E-state index contributed by atoms with van der Waals surface area (Å²) in [5.41, 5.74) is 4.41. The summed E-state index contributed by atoms with van der Waals surface area (Å²) < 4.78 is 2.34. The Morgan fingerprint density at radius 3 is 3.00 bits per heavy atom. The van der Waals surface area contributed by atoms with Crippen LogP contribution < -0.4 is 5.32 Å². The Kier molecular flexibility index (Phi) is 4.76. The van der Waals surface area contributed by atoms with Gasteiger partial charge in [0.05, 0.1) is 27.6 Å². The fourth-order valence-electron chi connectivity index (χ4n) is 3.03. The Morgan fingerprint density at radius 2 is 2.19 bits per heavy atom. The Hall–Kier alpha value is -2.22. The first-order chi connectivity index (χ1) is 12.6. The van der Waals surface area contributed by atoms with E-state index in [-0.39, 0.29) is 5.91 Å². The number of aromatic nitrogens is 3. The number of halogens is 1. The maximum absolute atomic E-state index is 12.1. The predicted octanol–water partition coefficient (Wildman–Crippen LogP) is 2.90. The van der Waals surface area contributed by atoms with Gasteiger partial charge in [-0.15, -0.1) is 16.4 Å². The molecule has 0 saturated carbocycles. The minimum absolute atomic E-state index is 0.159. The molecule has 0 fully saturated rings. The van der Waals surface area contributed by atoms with E-state index in [0.717, 1.165) is 25.2 Å². The number of hydrogen-bond acceptors (Lipinski definition) is 5. The molecule has 3 heterocycles. The summed E-state index contributed by atoms with van der Waals surface area (Å²) in [6, 6.07) is 9.82. The molecule has 1 amide bonds. The van der Waals surface area contributed by atoms with Crippen LogP contribution in [0.5, 0.6) is 0 Å². The summed E-state index contributed by atoms with van der Waals surface area (Å²) in [6.07, 6.45) is 2.92. The highest BCUT2D eigenvalue weighted by molar-refractivity contribution is 7.17. The Balaban J connectivity index is 1.45. The summed E-state index contributed by atoms with van der Waals surface area (Å²) >= 11 is 7.12. The average molecular weight is 388 g/mol. The van der Waals surface area contributed by atoms with Crippen molar-refractivity contribution in [3.8, 4) is 5.69 Å². The van der Waals surface area contributed by atoms with Crippen LogP contribution in [0.15, 0.2) is 36.5 Å². The van der Waals surface area contributed by atoms with Gasteiger partial charge in [0.1, 0.15) is 5.69 Å². The largest absolute Gasteiger partial charge is 0.346 e. The molecule has 0 aliphatic carbocycles. The van der Waals surface area contributed by atoms with E-state index in [0.29, 0.717) is 21.5 Å². The number of benzene rings is 1. The van der Waals surface area contributed by atoms with Crippen LogP contribution in [0.2, 0.25) is 4.34 Å². The van der Waals surface area contributed by atoms with Crippen LogP contribution in [-0.2, 0) is 19.5 Å². The lowest BCUT2D eigenvalue weighted by molar-refractivity contribution is 0.0954. The lowest BCUT2D eigenvalue weighted by Gasteiger charge is -2.25. The van der Waals surface area contributed by atoms with Gasteiger partial charge in [0, 0.05) is 13.1 Å². The molecular weight excluding hydrogens is 370 g/mol. The number of amides is 1. The summed E-state index contributed by atoms with van der Waals surface area (Å²) in [7, 11) is 2.13. The van der Waals surface area contributed by atoms with Crippen molar-refractivity contribution in [1.82, 2.24) is 25.2 Å². The Labute approximate surface area is 160 Å². The van der Waals surface area contributed by atoms with E-state index >= 15 is 0 Å². The first-order valence-corrected chi connectivity index (χ1v) is 9.53. The standard InChI is InChI=1S/C18H18ClN5OS/c1-23-7-6-12-2-3-15(8-13(12)10-23)24-11-14(21-22-24)9-20-18(25)16-4-5-17(19)26-16/h2-5,8,11H,6-7,9-10H2,1H3,(H,20,25). The van der Waals surface area contributed by atoms with Crippen molar-refractivity contribution in [2.45, 2.75) is 19.5 Å². The zero-order valence-electron chi connectivity index (χ0n) is 14.3. The summed E-state index contributed by atoms with van der Waals surface area (Å²) in [5, 5.41) is 11.2. The molecule has 0 atom stereocenters. The number of nitrogens with zero attached hydrogens (tertiary/aromatic N) is 4. The number of hydrogen-bond donors (Lipinski definition) is 1. The monoisotopic (exact) mass is 387 g/mol. The molecule has 1 aliphatic rings. The maximum Gasteiger partial charge on any atom is 0.261 e. The number of rotatable bonds is 4. The fraction of sp³-hybridized carbons (Fsp3) is 0.278.